The quantitative estimate of drug-likeness (QED) is 0.747. The summed E-state index contributed by atoms with van der Waals surface area (Å²) in [5, 5.41) is 4.82. The third-order valence-electron chi connectivity index (χ3n) is 2.86. The zero-order valence-corrected chi connectivity index (χ0v) is 10.0. The van der Waals surface area contributed by atoms with Gasteiger partial charge in [0.05, 0.1) is 0 Å². The Morgan fingerprint density at radius 1 is 1.28 bits per heavy atom. The summed E-state index contributed by atoms with van der Waals surface area (Å²) in [4.78, 5) is 34.3. The average molecular weight is 246 g/mol. The van der Waals surface area contributed by atoms with E-state index in [4.69, 9.17) is 0 Å². The van der Waals surface area contributed by atoms with E-state index in [0.29, 0.717) is 12.0 Å². The van der Waals surface area contributed by atoms with Gasteiger partial charge in [-0.15, -0.1) is 0 Å². The van der Waals surface area contributed by atoms with Crippen molar-refractivity contribution >= 4 is 17.7 Å². The Morgan fingerprint density at radius 3 is 2.56 bits per heavy atom. The second-order valence-electron chi connectivity index (χ2n) is 4.34. The lowest BCUT2D eigenvalue weighted by atomic mass is 10.1. The van der Waals surface area contributed by atoms with E-state index in [1.54, 1.807) is 12.1 Å². The first kappa shape index (κ1) is 12.3. The number of imide groups is 1. The SMILES string of the molecule is Cc1ccc(C(=O)NC2CCC(=O)NC2=O)cc1. The fourth-order valence-electron chi connectivity index (χ4n) is 1.78. The summed E-state index contributed by atoms with van der Waals surface area (Å²) < 4.78 is 0. The van der Waals surface area contributed by atoms with Gasteiger partial charge in [-0.3, -0.25) is 19.7 Å². The van der Waals surface area contributed by atoms with Crippen molar-refractivity contribution in [2.75, 3.05) is 0 Å². The molecule has 5 heteroatoms. The van der Waals surface area contributed by atoms with Crippen molar-refractivity contribution in [2.45, 2.75) is 25.8 Å². The Labute approximate surface area is 105 Å². The maximum atomic E-state index is 11.9. The maximum absolute atomic E-state index is 11.9. The largest absolute Gasteiger partial charge is 0.340 e. The first-order valence-corrected chi connectivity index (χ1v) is 5.77. The molecule has 1 aromatic carbocycles. The van der Waals surface area contributed by atoms with Crippen LogP contribution in [0.2, 0.25) is 0 Å². The molecule has 94 valence electrons. The van der Waals surface area contributed by atoms with Gasteiger partial charge in [-0.25, -0.2) is 0 Å². The standard InChI is InChI=1S/C13H14N2O3/c1-8-2-4-9(5-3-8)12(17)14-10-6-7-11(16)15-13(10)18/h2-5,10H,6-7H2,1H3,(H,14,17)(H,15,16,18). The van der Waals surface area contributed by atoms with Gasteiger partial charge in [0, 0.05) is 12.0 Å². The second-order valence-corrected chi connectivity index (χ2v) is 4.34. The molecule has 1 atom stereocenters. The van der Waals surface area contributed by atoms with Crippen LogP contribution in [0.25, 0.3) is 0 Å². The summed E-state index contributed by atoms with van der Waals surface area (Å²) in [5.41, 5.74) is 1.57. The molecule has 0 bridgehead atoms. The monoisotopic (exact) mass is 246 g/mol. The number of hydrogen-bond donors (Lipinski definition) is 2. The molecule has 0 saturated carbocycles. The molecule has 1 aliphatic heterocycles. The highest BCUT2D eigenvalue weighted by Gasteiger charge is 2.27. The van der Waals surface area contributed by atoms with Crippen LogP contribution < -0.4 is 10.6 Å². The minimum atomic E-state index is -0.628. The number of nitrogens with one attached hydrogen (secondary N) is 2. The molecule has 1 unspecified atom stereocenters. The summed E-state index contributed by atoms with van der Waals surface area (Å²) in [5.74, 6) is -1.03. The van der Waals surface area contributed by atoms with E-state index in [-0.39, 0.29) is 18.2 Å². The van der Waals surface area contributed by atoms with Gasteiger partial charge in [0.1, 0.15) is 6.04 Å². The number of hydrogen-bond acceptors (Lipinski definition) is 3. The summed E-state index contributed by atoms with van der Waals surface area (Å²) in [7, 11) is 0. The molecule has 2 N–H and O–H groups in total. The smallest absolute Gasteiger partial charge is 0.251 e. The highest BCUT2D eigenvalue weighted by Crippen LogP contribution is 2.07. The molecule has 0 spiro atoms. The number of amides is 3. The van der Waals surface area contributed by atoms with Crippen LogP contribution in [0, 0.1) is 6.92 Å². The van der Waals surface area contributed by atoms with Crippen molar-refractivity contribution in [1.29, 1.82) is 0 Å². The molecule has 18 heavy (non-hydrogen) atoms. The molecule has 1 saturated heterocycles. The van der Waals surface area contributed by atoms with Gasteiger partial charge in [0.25, 0.3) is 5.91 Å². The minimum absolute atomic E-state index is 0.255. The van der Waals surface area contributed by atoms with Gasteiger partial charge in [-0.1, -0.05) is 17.7 Å². The molecular formula is C13H14N2O3. The van der Waals surface area contributed by atoms with E-state index < -0.39 is 11.9 Å². The molecule has 0 radical (unpaired) electrons. The first-order chi connectivity index (χ1) is 8.56. The molecular weight excluding hydrogens is 232 g/mol. The van der Waals surface area contributed by atoms with Crippen molar-refractivity contribution < 1.29 is 14.4 Å². The first-order valence-electron chi connectivity index (χ1n) is 5.77. The van der Waals surface area contributed by atoms with Crippen molar-refractivity contribution in [3.05, 3.63) is 35.4 Å². The van der Waals surface area contributed by atoms with Crippen molar-refractivity contribution in [3.8, 4) is 0 Å². The van der Waals surface area contributed by atoms with Crippen molar-refractivity contribution in [2.24, 2.45) is 0 Å². The van der Waals surface area contributed by atoms with Crippen LogP contribution in [0.3, 0.4) is 0 Å². The van der Waals surface area contributed by atoms with Crippen LogP contribution >= 0.6 is 0 Å². The normalized spacial score (nSPS) is 19.3. The minimum Gasteiger partial charge on any atom is -0.340 e. The summed E-state index contributed by atoms with van der Waals surface area (Å²) in [6, 6.07) is 6.45. The molecule has 1 heterocycles. The lowest BCUT2D eigenvalue weighted by molar-refractivity contribution is -0.134. The van der Waals surface area contributed by atoms with Crippen LogP contribution in [0.4, 0.5) is 0 Å². The van der Waals surface area contributed by atoms with Crippen LogP contribution in [-0.4, -0.2) is 23.8 Å². The zero-order valence-electron chi connectivity index (χ0n) is 10.0. The molecule has 1 aliphatic rings. The Balaban J connectivity index is 2.01. The predicted octanol–water partition coefficient (Wildman–Crippen LogP) is 0.530. The van der Waals surface area contributed by atoms with Gasteiger partial charge >= 0.3 is 0 Å². The van der Waals surface area contributed by atoms with Crippen LogP contribution in [0.5, 0.6) is 0 Å². The van der Waals surface area contributed by atoms with Gasteiger partial charge in [0.2, 0.25) is 11.8 Å². The topological polar surface area (TPSA) is 75.3 Å². The molecule has 3 amide bonds. The van der Waals surface area contributed by atoms with E-state index >= 15 is 0 Å². The van der Waals surface area contributed by atoms with Gasteiger partial charge in [0.15, 0.2) is 0 Å². The summed E-state index contributed by atoms with van der Waals surface area (Å²) in [6.07, 6.45) is 0.604. The van der Waals surface area contributed by atoms with E-state index in [2.05, 4.69) is 10.6 Å². The zero-order chi connectivity index (χ0) is 13.1. The molecule has 1 fully saturated rings. The van der Waals surface area contributed by atoms with Crippen LogP contribution in [-0.2, 0) is 9.59 Å². The highest BCUT2D eigenvalue weighted by molar-refractivity contribution is 6.03. The highest BCUT2D eigenvalue weighted by atomic mass is 16.2. The lowest BCUT2D eigenvalue weighted by Crippen LogP contribution is -2.52. The van der Waals surface area contributed by atoms with Gasteiger partial charge < -0.3 is 5.32 Å². The number of piperidine rings is 1. The fourth-order valence-corrected chi connectivity index (χ4v) is 1.78. The lowest BCUT2D eigenvalue weighted by Gasteiger charge is -2.21. The van der Waals surface area contributed by atoms with Gasteiger partial charge in [-0.05, 0) is 25.5 Å². The Hall–Kier alpha value is -2.17. The van der Waals surface area contributed by atoms with E-state index in [1.807, 2.05) is 19.1 Å². The molecule has 0 aliphatic carbocycles. The Morgan fingerprint density at radius 2 is 1.94 bits per heavy atom. The fraction of sp³-hybridized carbons (Fsp3) is 0.308. The number of benzene rings is 1. The summed E-state index contributed by atoms with van der Waals surface area (Å²) >= 11 is 0. The molecule has 2 rings (SSSR count). The van der Waals surface area contributed by atoms with E-state index in [0.717, 1.165) is 5.56 Å². The van der Waals surface area contributed by atoms with Crippen LogP contribution in [0.15, 0.2) is 24.3 Å². The number of aryl methyl sites for hydroxylation is 1. The molecule has 1 aromatic rings. The second kappa shape index (κ2) is 5.00. The van der Waals surface area contributed by atoms with Gasteiger partial charge in [-0.2, -0.15) is 0 Å². The number of rotatable bonds is 2. The molecule has 5 nitrogen and oxygen atoms in total. The van der Waals surface area contributed by atoms with Crippen molar-refractivity contribution in [1.82, 2.24) is 10.6 Å². The number of carbonyl (C=O) groups excluding carboxylic acids is 3. The molecule has 0 aromatic heterocycles. The third kappa shape index (κ3) is 2.74. The predicted molar refractivity (Wildman–Crippen MR) is 64.8 cm³/mol. The Kier molecular flexibility index (Phi) is 3.41. The summed E-state index contributed by atoms with van der Waals surface area (Å²) in [6.45, 7) is 1.93. The Bertz CT molecular complexity index is 493. The van der Waals surface area contributed by atoms with Crippen molar-refractivity contribution in [3.63, 3.8) is 0 Å². The van der Waals surface area contributed by atoms with E-state index in [1.165, 1.54) is 0 Å². The number of carbonyl (C=O) groups is 3. The average Bonchev–Trinajstić information content (AvgIpc) is 2.33. The van der Waals surface area contributed by atoms with Crippen LogP contribution in [0.1, 0.15) is 28.8 Å². The van der Waals surface area contributed by atoms with E-state index in [9.17, 15) is 14.4 Å². The maximum Gasteiger partial charge on any atom is 0.251 e. The third-order valence-corrected chi connectivity index (χ3v) is 2.86.